The average Bonchev–Trinajstić information content (AvgIpc) is 2.71. The van der Waals surface area contributed by atoms with Gasteiger partial charge in [0.05, 0.1) is 12.7 Å². The predicted molar refractivity (Wildman–Crippen MR) is 128 cm³/mol. The van der Waals surface area contributed by atoms with E-state index in [1.54, 1.807) is 27.7 Å². The summed E-state index contributed by atoms with van der Waals surface area (Å²) in [6, 6.07) is 0. The number of hydrogen-bond donors (Lipinski definition) is 1. The molecule has 2 atom stereocenters. The molecule has 202 valence electrons. The van der Waals surface area contributed by atoms with Crippen LogP contribution >= 0.6 is 0 Å². The van der Waals surface area contributed by atoms with Gasteiger partial charge in [-0.1, -0.05) is 55.4 Å². The number of alkyl halides is 4. The minimum absolute atomic E-state index is 0.0105. The summed E-state index contributed by atoms with van der Waals surface area (Å²) < 4.78 is 62.7. The zero-order chi connectivity index (χ0) is 26.7. The molecule has 0 rings (SSSR count). The standard InChI is InChI=1S/C26H47F4NO3/c1-17(2)10-9-13-31-24(33)12-11-21(14-22(32)18(3)4)16-34-23(19(5)6)15-25(27,28)26(29,30)20(7)8/h17-21,23H,9-16H2,1-8H3,(H,31,33). The van der Waals surface area contributed by atoms with Crippen LogP contribution in [0.15, 0.2) is 0 Å². The van der Waals surface area contributed by atoms with Crippen LogP contribution in [0, 0.1) is 29.6 Å². The van der Waals surface area contributed by atoms with Crippen LogP contribution in [-0.4, -0.2) is 42.8 Å². The molecule has 0 aromatic carbocycles. The van der Waals surface area contributed by atoms with Gasteiger partial charge in [-0.25, -0.2) is 0 Å². The molecule has 1 amide bonds. The number of carbonyl (C=O) groups excluding carboxylic acids is 2. The second kappa shape index (κ2) is 15.0. The zero-order valence-corrected chi connectivity index (χ0v) is 22.4. The van der Waals surface area contributed by atoms with E-state index in [0.29, 0.717) is 18.9 Å². The van der Waals surface area contributed by atoms with Gasteiger partial charge < -0.3 is 10.1 Å². The molecule has 0 aromatic heterocycles. The fourth-order valence-corrected chi connectivity index (χ4v) is 3.48. The molecule has 0 bridgehead atoms. The number of carbonyl (C=O) groups is 2. The van der Waals surface area contributed by atoms with E-state index >= 15 is 0 Å². The van der Waals surface area contributed by atoms with Crippen molar-refractivity contribution in [3.63, 3.8) is 0 Å². The first-order valence-electron chi connectivity index (χ1n) is 12.7. The molecular formula is C26H47F4NO3. The highest BCUT2D eigenvalue weighted by Crippen LogP contribution is 2.44. The molecule has 4 nitrogen and oxygen atoms in total. The second-order valence-electron chi connectivity index (χ2n) is 10.9. The van der Waals surface area contributed by atoms with Crippen molar-refractivity contribution in [2.45, 2.75) is 112 Å². The summed E-state index contributed by atoms with van der Waals surface area (Å²) in [5.41, 5.74) is 0. The largest absolute Gasteiger partial charge is 0.377 e. The summed E-state index contributed by atoms with van der Waals surface area (Å²) in [5, 5.41) is 2.86. The van der Waals surface area contributed by atoms with Gasteiger partial charge in [0.1, 0.15) is 5.78 Å². The molecule has 8 heteroatoms. The summed E-state index contributed by atoms with van der Waals surface area (Å²) in [6.07, 6.45) is 0.399. The van der Waals surface area contributed by atoms with Crippen LogP contribution in [-0.2, 0) is 14.3 Å². The monoisotopic (exact) mass is 497 g/mol. The normalized spacial score (nSPS) is 14.8. The fraction of sp³-hybridized carbons (Fsp3) is 0.923. The van der Waals surface area contributed by atoms with E-state index in [2.05, 4.69) is 19.2 Å². The summed E-state index contributed by atoms with van der Waals surface area (Å²) in [6.45, 7) is 13.7. The Bertz CT molecular complexity index is 607. The lowest BCUT2D eigenvalue weighted by Gasteiger charge is -2.34. The number of ether oxygens (including phenoxy) is 1. The van der Waals surface area contributed by atoms with Crippen LogP contribution in [0.3, 0.4) is 0 Å². The van der Waals surface area contributed by atoms with Gasteiger partial charge in [0.25, 0.3) is 0 Å². The Kier molecular flexibility index (Phi) is 14.5. The Hall–Kier alpha value is -1.18. The molecule has 2 unspecified atom stereocenters. The third kappa shape index (κ3) is 12.0. The molecule has 0 radical (unpaired) electrons. The number of nitrogens with one attached hydrogen (secondary N) is 1. The average molecular weight is 498 g/mol. The molecule has 0 aliphatic heterocycles. The zero-order valence-electron chi connectivity index (χ0n) is 22.4. The minimum atomic E-state index is -4.21. The molecule has 0 heterocycles. The van der Waals surface area contributed by atoms with Gasteiger partial charge in [-0.05, 0) is 37.0 Å². The third-order valence-corrected chi connectivity index (χ3v) is 6.15. The Morgan fingerprint density at radius 3 is 1.97 bits per heavy atom. The lowest BCUT2D eigenvalue weighted by atomic mass is 9.91. The molecule has 34 heavy (non-hydrogen) atoms. The van der Waals surface area contributed by atoms with Crippen LogP contribution in [0.2, 0.25) is 0 Å². The topological polar surface area (TPSA) is 55.4 Å². The van der Waals surface area contributed by atoms with E-state index in [1.165, 1.54) is 0 Å². The van der Waals surface area contributed by atoms with Crippen molar-refractivity contribution in [1.29, 1.82) is 0 Å². The summed E-state index contributed by atoms with van der Waals surface area (Å²) >= 11 is 0. The molecule has 0 saturated carbocycles. The van der Waals surface area contributed by atoms with Crippen molar-refractivity contribution >= 4 is 11.7 Å². The molecule has 1 N–H and O–H groups in total. The van der Waals surface area contributed by atoms with E-state index in [4.69, 9.17) is 4.74 Å². The Morgan fingerprint density at radius 1 is 0.912 bits per heavy atom. The van der Waals surface area contributed by atoms with Crippen molar-refractivity contribution in [3.8, 4) is 0 Å². The van der Waals surface area contributed by atoms with Gasteiger partial charge in [0.15, 0.2) is 0 Å². The van der Waals surface area contributed by atoms with Gasteiger partial charge in [0.2, 0.25) is 5.91 Å². The fourth-order valence-electron chi connectivity index (χ4n) is 3.48. The van der Waals surface area contributed by atoms with Crippen LogP contribution in [0.1, 0.15) is 93.9 Å². The van der Waals surface area contributed by atoms with Crippen molar-refractivity contribution in [2.75, 3.05) is 13.2 Å². The minimum Gasteiger partial charge on any atom is -0.377 e. The van der Waals surface area contributed by atoms with Crippen LogP contribution in [0.25, 0.3) is 0 Å². The lowest BCUT2D eigenvalue weighted by Crippen LogP contribution is -2.47. The highest BCUT2D eigenvalue weighted by Gasteiger charge is 2.58. The first kappa shape index (κ1) is 32.8. The number of Topliss-reactive ketones (excluding diaryl/α,β-unsaturated/α-hetero) is 1. The maximum atomic E-state index is 14.4. The van der Waals surface area contributed by atoms with Crippen molar-refractivity contribution in [2.24, 2.45) is 29.6 Å². The van der Waals surface area contributed by atoms with E-state index in [1.807, 2.05) is 0 Å². The third-order valence-electron chi connectivity index (χ3n) is 6.15. The summed E-state index contributed by atoms with van der Waals surface area (Å²) in [7, 11) is 0. The Morgan fingerprint density at radius 2 is 1.50 bits per heavy atom. The van der Waals surface area contributed by atoms with Gasteiger partial charge in [-0.2, -0.15) is 17.6 Å². The lowest BCUT2D eigenvalue weighted by molar-refractivity contribution is -0.246. The maximum Gasteiger partial charge on any atom is 0.312 e. The number of amides is 1. The van der Waals surface area contributed by atoms with Crippen LogP contribution < -0.4 is 5.32 Å². The maximum absolute atomic E-state index is 14.4. The Balaban J connectivity index is 5.10. The number of ketones is 1. The quantitative estimate of drug-likeness (QED) is 0.165. The summed E-state index contributed by atoms with van der Waals surface area (Å²) in [5.74, 6) is -10.4. The van der Waals surface area contributed by atoms with Crippen molar-refractivity contribution in [1.82, 2.24) is 5.32 Å². The molecule has 0 aromatic rings. The number of hydrogen-bond acceptors (Lipinski definition) is 3. The van der Waals surface area contributed by atoms with Gasteiger partial charge >= 0.3 is 11.8 Å². The number of halogens is 4. The van der Waals surface area contributed by atoms with Gasteiger partial charge in [-0.15, -0.1) is 0 Å². The van der Waals surface area contributed by atoms with Crippen LogP contribution in [0.5, 0.6) is 0 Å². The van der Waals surface area contributed by atoms with E-state index in [9.17, 15) is 27.2 Å². The molecule has 0 aliphatic carbocycles. The Labute approximate surface area is 204 Å². The predicted octanol–water partition coefficient (Wildman–Crippen LogP) is 6.91. The molecule has 0 spiro atoms. The smallest absolute Gasteiger partial charge is 0.312 e. The first-order valence-corrected chi connectivity index (χ1v) is 12.7. The number of rotatable bonds is 18. The highest BCUT2D eigenvalue weighted by atomic mass is 19.3. The molecular weight excluding hydrogens is 450 g/mol. The van der Waals surface area contributed by atoms with Crippen molar-refractivity contribution < 1.29 is 31.9 Å². The van der Waals surface area contributed by atoms with E-state index in [-0.39, 0.29) is 43.0 Å². The SMILES string of the molecule is CC(C)CCCNC(=O)CCC(COC(CC(F)(F)C(F)(F)C(C)C)C(C)C)CC(=O)C(C)C. The van der Waals surface area contributed by atoms with Gasteiger partial charge in [-0.3, -0.25) is 9.59 Å². The van der Waals surface area contributed by atoms with Crippen LogP contribution in [0.4, 0.5) is 17.6 Å². The first-order chi connectivity index (χ1) is 15.5. The molecule has 0 aliphatic rings. The molecule has 0 saturated heterocycles. The van der Waals surface area contributed by atoms with Gasteiger partial charge in [0, 0.05) is 37.6 Å². The second-order valence-corrected chi connectivity index (χ2v) is 10.9. The van der Waals surface area contributed by atoms with Crippen molar-refractivity contribution in [3.05, 3.63) is 0 Å². The molecule has 0 fully saturated rings. The highest BCUT2D eigenvalue weighted by molar-refractivity contribution is 5.80. The van der Waals surface area contributed by atoms with E-state index < -0.39 is 36.2 Å². The summed E-state index contributed by atoms with van der Waals surface area (Å²) in [4.78, 5) is 24.5. The van der Waals surface area contributed by atoms with E-state index in [0.717, 1.165) is 26.7 Å².